The number of hydrogen-bond acceptors (Lipinski definition) is 3. The van der Waals surface area contributed by atoms with E-state index < -0.39 is 17.5 Å². The highest BCUT2D eigenvalue weighted by molar-refractivity contribution is 5.82. The number of ether oxygens (including phenoxy) is 1. The number of benzene rings is 2. The fourth-order valence-electron chi connectivity index (χ4n) is 3.14. The molecule has 134 valence electrons. The fourth-order valence-corrected chi connectivity index (χ4v) is 3.14. The molecule has 0 aromatic heterocycles. The van der Waals surface area contributed by atoms with Gasteiger partial charge in [-0.15, -0.1) is 0 Å². The third-order valence-corrected chi connectivity index (χ3v) is 4.69. The van der Waals surface area contributed by atoms with Crippen molar-refractivity contribution < 1.29 is 19.7 Å². The molecule has 0 fully saturated rings. The molecule has 0 heterocycles. The highest BCUT2D eigenvalue weighted by Crippen LogP contribution is 2.36. The number of aliphatic carboxylic acids is 1. The molecule has 0 amide bonds. The van der Waals surface area contributed by atoms with Crippen LogP contribution in [0.1, 0.15) is 38.3 Å². The minimum Gasteiger partial charge on any atom is -0.489 e. The Kier molecular flexibility index (Phi) is 6.21. The van der Waals surface area contributed by atoms with E-state index in [9.17, 15) is 15.0 Å². The van der Waals surface area contributed by atoms with E-state index in [0.29, 0.717) is 24.3 Å². The molecule has 0 aliphatic rings. The molecule has 2 rings (SSSR count). The van der Waals surface area contributed by atoms with E-state index in [0.717, 1.165) is 5.56 Å². The van der Waals surface area contributed by atoms with Gasteiger partial charge < -0.3 is 14.9 Å². The Morgan fingerprint density at radius 3 is 2.16 bits per heavy atom. The largest absolute Gasteiger partial charge is 0.489 e. The Labute approximate surface area is 149 Å². The Bertz CT molecular complexity index is 679. The zero-order valence-electron chi connectivity index (χ0n) is 15.0. The maximum Gasteiger partial charge on any atom is 0.316 e. The van der Waals surface area contributed by atoms with Gasteiger partial charge in [0.1, 0.15) is 17.8 Å². The average molecular weight is 342 g/mol. The average Bonchev–Trinajstić information content (AvgIpc) is 2.62. The number of aliphatic hydroxyl groups excluding tert-OH is 1. The summed E-state index contributed by atoms with van der Waals surface area (Å²) < 4.78 is 5.75. The van der Waals surface area contributed by atoms with Crippen molar-refractivity contribution in [2.24, 2.45) is 5.92 Å². The predicted molar refractivity (Wildman–Crippen MR) is 97.7 cm³/mol. The van der Waals surface area contributed by atoms with E-state index in [4.69, 9.17) is 4.74 Å². The second-order valence-corrected chi connectivity index (χ2v) is 6.62. The van der Waals surface area contributed by atoms with Crippen LogP contribution in [0.3, 0.4) is 0 Å². The van der Waals surface area contributed by atoms with Crippen LogP contribution in [0.4, 0.5) is 0 Å². The minimum absolute atomic E-state index is 0.162. The zero-order chi connectivity index (χ0) is 18.4. The van der Waals surface area contributed by atoms with E-state index in [1.54, 1.807) is 31.2 Å². The molecule has 25 heavy (non-hydrogen) atoms. The first-order valence-corrected chi connectivity index (χ1v) is 8.60. The predicted octanol–water partition coefficient (Wildman–Crippen LogP) is 4.01. The maximum absolute atomic E-state index is 12.0. The van der Waals surface area contributed by atoms with Crippen molar-refractivity contribution in [3.8, 4) is 5.75 Å². The van der Waals surface area contributed by atoms with Gasteiger partial charge in [0.25, 0.3) is 0 Å². The lowest BCUT2D eigenvalue weighted by Crippen LogP contribution is -2.48. The topological polar surface area (TPSA) is 66.8 Å². The molecule has 4 nitrogen and oxygen atoms in total. The third-order valence-electron chi connectivity index (χ3n) is 4.69. The van der Waals surface area contributed by atoms with Gasteiger partial charge in [0.15, 0.2) is 0 Å². The molecule has 0 saturated carbocycles. The van der Waals surface area contributed by atoms with Crippen molar-refractivity contribution in [3.05, 3.63) is 65.7 Å². The van der Waals surface area contributed by atoms with Crippen LogP contribution in [-0.4, -0.2) is 22.3 Å². The van der Waals surface area contributed by atoms with Gasteiger partial charge in [-0.25, -0.2) is 0 Å². The summed E-state index contributed by atoms with van der Waals surface area (Å²) in [6.45, 7) is 5.90. The zero-order valence-corrected chi connectivity index (χ0v) is 15.0. The third kappa shape index (κ3) is 4.02. The standard InChI is InChI=1S/C21H26O4/c1-4-21(20(23)24,19(22)15(2)3)17-10-12-18(13-11-17)25-14-16-8-6-5-7-9-16/h5-13,15,19,22H,4,14H2,1-3H3,(H,23,24). The highest BCUT2D eigenvalue weighted by Gasteiger charge is 2.46. The Morgan fingerprint density at radius 2 is 1.68 bits per heavy atom. The Morgan fingerprint density at radius 1 is 1.08 bits per heavy atom. The molecule has 2 atom stereocenters. The van der Waals surface area contributed by atoms with E-state index in [-0.39, 0.29) is 5.92 Å². The van der Waals surface area contributed by atoms with Crippen LogP contribution >= 0.6 is 0 Å². The Balaban J connectivity index is 2.22. The van der Waals surface area contributed by atoms with Crippen molar-refractivity contribution in [2.45, 2.75) is 45.3 Å². The first kappa shape index (κ1) is 19.0. The van der Waals surface area contributed by atoms with Crippen LogP contribution in [0.2, 0.25) is 0 Å². The smallest absolute Gasteiger partial charge is 0.316 e. The summed E-state index contributed by atoms with van der Waals surface area (Å²) in [6, 6.07) is 16.8. The van der Waals surface area contributed by atoms with Gasteiger partial charge in [0.2, 0.25) is 0 Å². The molecule has 4 heteroatoms. The van der Waals surface area contributed by atoms with Crippen LogP contribution in [0.25, 0.3) is 0 Å². The molecule has 2 aromatic carbocycles. The molecular formula is C21H26O4. The van der Waals surface area contributed by atoms with Crippen molar-refractivity contribution in [1.82, 2.24) is 0 Å². The lowest BCUT2D eigenvalue weighted by Gasteiger charge is -2.36. The SMILES string of the molecule is CCC(C(=O)O)(c1ccc(OCc2ccccc2)cc1)C(O)C(C)C. The number of rotatable bonds is 8. The number of carbonyl (C=O) groups is 1. The molecule has 0 radical (unpaired) electrons. The van der Waals surface area contributed by atoms with Crippen molar-refractivity contribution in [1.29, 1.82) is 0 Å². The molecule has 0 bridgehead atoms. The summed E-state index contributed by atoms with van der Waals surface area (Å²) in [5.74, 6) is -0.499. The number of carboxylic acid groups (broad SMARTS) is 1. The van der Waals surface area contributed by atoms with Crippen molar-refractivity contribution in [2.75, 3.05) is 0 Å². The molecule has 2 N–H and O–H groups in total. The van der Waals surface area contributed by atoms with Crippen LogP contribution < -0.4 is 4.74 Å². The molecule has 0 aliphatic carbocycles. The summed E-state index contributed by atoms with van der Waals surface area (Å²) >= 11 is 0. The molecule has 0 saturated heterocycles. The van der Waals surface area contributed by atoms with Gasteiger partial charge in [-0.3, -0.25) is 4.79 Å². The molecule has 2 aromatic rings. The van der Waals surface area contributed by atoms with Crippen LogP contribution in [0.5, 0.6) is 5.75 Å². The molecular weight excluding hydrogens is 316 g/mol. The summed E-state index contributed by atoms with van der Waals surface area (Å²) in [7, 11) is 0. The van der Waals surface area contributed by atoms with Crippen LogP contribution in [0.15, 0.2) is 54.6 Å². The molecule has 2 unspecified atom stereocenters. The van der Waals surface area contributed by atoms with E-state index >= 15 is 0 Å². The normalized spacial score (nSPS) is 14.8. The summed E-state index contributed by atoms with van der Waals surface area (Å²) in [4.78, 5) is 12.0. The summed E-state index contributed by atoms with van der Waals surface area (Å²) in [6.07, 6.45) is -0.655. The van der Waals surface area contributed by atoms with Crippen LogP contribution in [0, 0.1) is 5.92 Å². The minimum atomic E-state index is -1.31. The maximum atomic E-state index is 12.0. The Hall–Kier alpha value is -2.33. The van der Waals surface area contributed by atoms with Gasteiger partial charge in [0.05, 0.1) is 6.10 Å². The van der Waals surface area contributed by atoms with Crippen molar-refractivity contribution >= 4 is 5.97 Å². The first-order chi connectivity index (χ1) is 11.9. The second-order valence-electron chi connectivity index (χ2n) is 6.62. The van der Waals surface area contributed by atoms with E-state index in [1.165, 1.54) is 0 Å². The quantitative estimate of drug-likeness (QED) is 0.760. The number of carboxylic acids is 1. The number of aliphatic hydroxyl groups is 1. The molecule has 0 aliphatic heterocycles. The lowest BCUT2D eigenvalue weighted by atomic mass is 9.70. The summed E-state index contributed by atoms with van der Waals surface area (Å²) in [5, 5.41) is 20.4. The first-order valence-electron chi connectivity index (χ1n) is 8.60. The monoisotopic (exact) mass is 342 g/mol. The van der Waals surface area contributed by atoms with E-state index in [2.05, 4.69) is 0 Å². The van der Waals surface area contributed by atoms with Gasteiger partial charge in [-0.1, -0.05) is 63.2 Å². The van der Waals surface area contributed by atoms with E-state index in [1.807, 2.05) is 44.2 Å². The number of hydrogen-bond donors (Lipinski definition) is 2. The fraction of sp³-hybridized carbons (Fsp3) is 0.381. The van der Waals surface area contributed by atoms with Crippen LogP contribution in [-0.2, 0) is 16.8 Å². The molecule has 0 spiro atoms. The lowest BCUT2D eigenvalue weighted by molar-refractivity contribution is -0.150. The van der Waals surface area contributed by atoms with Gasteiger partial charge in [0, 0.05) is 0 Å². The second kappa shape index (κ2) is 8.17. The van der Waals surface area contributed by atoms with Gasteiger partial charge >= 0.3 is 5.97 Å². The summed E-state index contributed by atoms with van der Waals surface area (Å²) in [5.41, 5.74) is 0.345. The van der Waals surface area contributed by atoms with Gasteiger partial charge in [-0.2, -0.15) is 0 Å². The van der Waals surface area contributed by atoms with Gasteiger partial charge in [-0.05, 0) is 35.6 Å². The van der Waals surface area contributed by atoms with Crippen molar-refractivity contribution in [3.63, 3.8) is 0 Å². The highest BCUT2D eigenvalue weighted by atomic mass is 16.5.